The summed E-state index contributed by atoms with van der Waals surface area (Å²) in [5, 5.41) is 8.22. The van der Waals surface area contributed by atoms with Gasteiger partial charge >= 0.3 is 0 Å². The van der Waals surface area contributed by atoms with Crippen molar-refractivity contribution in [1.29, 1.82) is 0 Å². The predicted octanol–water partition coefficient (Wildman–Crippen LogP) is 5.61. The Morgan fingerprint density at radius 1 is 1.27 bits per heavy atom. The van der Waals surface area contributed by atoms with E-state index >= 15 is 0 Å². The molecule has 2 N–H and O–H groups in total. The fourth-order valence-corrected chi connectivity index (χ4v) is 5.72. The number of hydrogen-bond donors (Lipinski definition) is 2. The van der Waals surface area contributed by atoms with Crippen LogP contribution in [-0.2, 0) is 19.4 Å². The van der Waals surface area contributed by atoms with Gasteiger partial charge in [0.15, 0.2) is 0 Å². The summed E-state index contributed by atoms with van der Waals surface area (Å²) in [5.74, 6) is 0.588. The second-order valence-corrected chi connectivity index (χ2v) is 9.55. The predicted molar refractivity (Wildman–Crippen MR) is 135 cm³/mol. The number of carbonyl (C=O) groups is 1. The summed E-state index contributed by atoms with van der Waals surface area (Å²) in [6.07, 6.45) is 5.31. The molecule has 5 rings (SSSR count). The minimum Gasteiger partial charge on any atom is -0.324 e. The van der Waals surface area contributed by atoms with Crippen LogP contribution in [0.25, 0.3) is 0 Å². The zero-order valence-electron chi connectivity index (χ0n) is 17.7. The Bertz CT molecular complexity index is 1250. The highest BCUT2D eigenvalue weighted by Crippen LogP contribution is 2.39. The zero-order valence-corrected chi connectivity index (χ0v) is 20.0. The number of hydrogen-bond acceptors (Lipinski definition) is 6. The smallest absolute Gasteiger partial charge is 0.263 e. The summed E-state index contributed by atoms with van der Waals surface area (Å²) in [7, 11) is 0. The van der Waals surface area contributed by atoms with Crippen molar-refractivity contribution in [3.63, 3.8) is 0 Å². The Kier molecular flexibility index (Phi) is 6.29. The van der Waals surface area contributed by atoms with Crippen molar-refractivity contribution in [1.82, 2.24) is 15.3 Å². The largest absolute Gasteiger partial charge is 0.324 e. The van der Waals surface area contributed by atoms with E-state index in [1.807, 2.05) is 6.08 Å². The first-order valence-electron chi connectivity index (χ1n) is 10.5. The van der Waals surface area contributed by atoms with Crippen molar-refractivity contribution >= 4 is 58.2 Å². The van der Waals surface area contributed by atoms with E-state index in [0.29, 0.717) is 38.1 Å². The van der Waals surface area contributed by atoms with Crippen LogP contribution in [-0.4, -0.2) is 28.3 Å². The van der Waals surface area contributed by atoms with Gasteiger partial charge in [-0.15, -0.1) is 6.58 Å². The standard InChI is InChI=1S/C24H21Cl2N5OS/c1-2-4-14-9-16(10-15-11-27-8-7-17(14)15)29-24-28-12-18-22(30-24)33-13-31(23(18)32)21-19(25)5-3-6-20(21)26/h2-3,5-6,9-10,12,27H,1,4,7-8,11,13H2,(H,28,29,30). The van der Waals surface area contributed by atoms with Gasteiger partial charge in [0, 0.05) is 18.4 Å². The highest BCUT2D eigenvalue weighted by Gasteiger charge is 2.30. The number of fused-ring (bicyclic) bond motifs is 2. The minimum atomic E-state index is -0.224. The number of aromatic nitrogens is 2. The van der Waals surface area contributed by atoms with Gasteiger partial charge in [-0.1, -0.05) is 47.1 Å². The Morgan fingerprint density at radius 2 is 2.09 bits per heavy atom. The fraction of sp³-hybridized carbons (Fsp3) is 0.208. The molecule has 0 atom stereocenters. The average molecular weight is 498 g/mol. The Balaban J connectivity index is 1.42. The van der Waals surface area contributed by atoms with Gasteiger partial charge < -0.3 is 10.6 Å². The van der Waals surface area contributed by atoms with Crippen LogP contribution in [0.1, 0.15) is 27.0 Å². The average Bonchev–Trinajstić information content (AvgIpc) is 2.80. The van der Waals surface area contributed by atoms with Crippen molar-refractivity contribution in [2.45, 2.75) is 24.4 Å². The van der Waals surface area contributed by atoms with Crippen LogP contribution in [0, 0.1) is 0 Å². The molecule has 0 fully saturated rings. The van der Waals surface area contributed by atoms with Crippen LogP contribution >= 0.6 is 35.0 Å². The number of halogens is 2. The van der Waals surface area contributed by atoms with E-state index in [9.17, 15) is 4.79 Å². The number of carbonyl (C=O) groups excluding carboxylic acids is 1. The van der Waals surface area contributed by atoms with Crippen LogP contribution in [0.5, 0.6) is 0 Å². The number of thioether (sulfide) groups is 1. The van der Waals surface area contributed by atoms with Crippen LogP contribution in [0.4, 0.5) is 17.3 Å². The minimum absolute atomic E-state index is 0.224. The lowest BCUT2D eigenvalue weighted by molar-refractivity contribution is 0.0985. The molecular formula is C24H21Cl2N5OS. The van der Waals surface area contributed by atoms with Gasteiger partial charge in [-0.3, -0.25) is 9.69 Å². The van der Waals surface area contributed by atoms with Crippen molar-refractivity contribution in [3.8, 4) is 0 Å². The van der Waals surface area contributed by atoms with Crippen molar-refractivity contribution in [3.05, 3.63) is 81.5 Å². The molecule has 2 aliphatic heterocycles. The lowest BCUT2D eigenvalue weighted by Gasteiger charge is -2.28. The Labute approximate surface area is 206 Å². The number of nitrogens with one attached hydrogen (secondary N) is 2. The maximum atomic E-state index is 13.1. The van der Waals surface area contributed by atoms with E-state index in [0.717, 1.165) is 31.6 Å². The lowest BCUT2D eigenvalue weighted by atomic mass is 9.93. The van der Waals surface area contributed by atoms with E-state index in [-0.39, 0.29) is 5.91 Å². The van der Waals surface area contributed by atoms with Crippen molar-refractivity contribution < 1.29 is 4.79 Å². The van der Waals surface area contributed by atoms with Crippen molar-refractivity contribution in [2.75, 3.05) is 22.6 Å². The molecule has 1 aromatic heterocycles. The molecule has 2 aliphatic rings. The first-order chi connectivity index (χ1) is 16.0. The molecule has 0 bridgehead atoms. The molecule has 0 unspecified atom stereocenters. The second-order valence-electron chi connectivity index (χ2n) is 7.81. The van der Waals surface area contributed by atoms with Gasteiger partial charge in [-0.05, 0) is 60.3 Å². The molecule has 1 amide bonds. The lowest BCUT2D eigenvalue weighted by Crippen LogP contribution is -2.35. The number of amides is 1. The van der Waals surface area contributed by atoms with Crippen molar-refractivity contribution in [2.24, 2.45) is 0 Å². The first kappa shape index (κ1) is 22.2. The van der Waals surface area contributed by atoms with Gasteiger partial charge in [-0.25, -0.2) is 9.97 Å². The fourth-order valence-electron chi connectivity index (χ4n) is 4.18. The summed E-state index contributed by atoms with van der Waals surface area (Å²) in [6.45, 7) is 5.72. The Morgan fingerprint density at radius 3 is 2.88 bits per heavy atom. The van der Waals surface area contributed by atoms with Crippen LogP contribution in [0.15, 0.2) is 54.2 Å². The molecule has 33 heavy (non-hydrogen) atoms. The number of anilines is 3. The topological polar surface area (TPSA) is 70.2 Å². The van der Waals surface area contributed by atoms with Gasteiger partial charge in [0.05, 0.1) is 27.2 Å². The van der Waals surface area contributed by atoms with Crippen LogP contribution in [0.2, 0.25) is 10.0 Å². The number of benzene rings is 2. The van der Waals surface area contributed by atoms with E-state index in [1.165, 1.54) is 28.5 Å². The third kappa shape index (κ3) is 4.34. The third-order valence-electron chi connectivity index (χ3n) is 5.69. The summed E-state index contributed by atoms with van der Waals surface area (Å²) < 4.78 is 0. The highest BCUT2D eigenvalue weighted by molar-refractivity contribution is 7.99. The molecule has 2 aromatic carbocycles. The summed E-state index contributed by atoms with van der Waals surface area (Å²) in [6, 6.07) is 9.45. The van der Waals surface area contributed by atoms with Crippen LogP contribution < -0.4 is 15.5 Å². The molecular weight excluding hydrogens is 477 g/mol. The summed E-state index contributed by atoms with van der Waals surface area (Å²) in [4.78, 5) is 23.7. The highest BCUT2D eigenvalue weighted by atomic mass is 35.5. The number of allylic oxidation sites excluding steroid dienone is 1. The molecule has 3 heterocycles. The van der Waals surface area contributed by atoms with Gasteiger partial charge in [-0.2, -0.15) is 0 Å². The number of para-hydroxylation sites is 1. The van der Waals surface area contributed by atoms with E-state index < -0.39 is 0 Å². The van der Waals surface area contributed by atoms with E-state index in [2.05, 4.69) is 39.3 Å². The molecule has 0 radical (unpaired) electrons. The van der Waals surface area contributed by atoms with Gasteiger partial charge in [0.1, 0.15) is 5.03 Å². The monoisotopic (exact) mass is 497 g/mol. The normalized spacial score (nSPS) is 15.1. The molecule has 0 spiro atoms. The van der Waals surface area contributed by atoms with Gasteiger partial charge in [0.2, 0.25) is 5.95 Å². The third-order valence-corrected chi connectivity index (χ3v) is 7.27. The van der Waals surface area contributed by atoms with Crippen LogP contribution in [0.3, 0.4) is 0 Å². The van der Waals surface area contributed by atoms with E-state index in [4.69, 9.17) is 23.2 Å². The van der Waals surface area contributed by atoms with Gasteiger partial charge in [0.25, 0.3) is 5.91 Å². The molecule has 9 heteroatoms. The molecule has 6 nitrogen and oxygen atoms in total. The molecule has 0 saturated carbocycles. The van der Waals surface area contributed by atoms with E-state index in [1.54, 1.807) is 29.3 Å². The molecule has 3 aromatic rings. The molecule has 0 saturated heterocycles. The SMILES string of the molecule is C=CCc1cc(Nc2ncc3c(n2)SCN(c2c(Cl)cccc2Cl)C3=O)cc2c1CCNC2. The quantitative estimate of drug-likeness (QED) is 0.352. The first-order valence-corrected chi connectivity index (χ1v) is 12.3. The molecule has 168 valence electrons. The maximum Gasteiger partial charge on any atom is 0.263 e. The molecule has 0 aliphatic carbocycles. The number of nitrogens with zero attached hydrogens (tertiary/aromatic N) is 3. The summed E-state index contributed by atoms with van der Waals surface area (Å²) >= 11 is 14.1. The number of rotatable bonds is 5. The Hall–Kier alpha value is -2.58. The zero-order chi connectivity index (χ0) is 22.9. The maximum absolute atomic E-state index is 13.1. The second kappa shape index (κ2) is 9.35. The summed E-state index contributed by atoms with van der Waals surface area (Å²) in [5.41, 5.74) is 5.79.